The fraction of sp³-hybridized carbons (Fsp3) is 0.700. The van der Waals surface area contributed by atoms with Gasteiger partial charge in [-0.15, -0.1) is 0 Å². The highest BCUT2D eigenvalue weighted by molar-refractivity contribution is 5.69. The lowest BCUT2D eigenvalue weighted by Crippen LogP contribution is -2.04. The second-order valence-electron chi connectivity index (χ2n) is 3.26. The van der Waals surface area contributed by atoms with Gasteiger partial charge in [0.25, 0.3) is 0 Å². The second kappa shape index (κ2) is 6.89. The summed E-state index contributed by atoms with van der Waals surface area (Å²) in [6, 6.07) is 0. The van der Waals surface area contributed by atoms with Crippen LogP contribution in [0.4, 0.5) is 0 Å². The molecule has 0 aromatic carbocycles. The molecule has 0 amide bonds. The molecule has 12 heavy (non-hydrogen) atoms. The summed E-state index contributed by atoms with van der Waals surface area (Å²) >= 11 is 0. The molecule has 0 aromatic heterocycles. The first-order chi connectivity index (χ1) is 5.66. The maximum atomic E-state index is 10.9. The number of carbonyl (C=O) groups is 1. The molecule has 0 aromatic rings. The molecule has 0 spiro atoms. The van der Waals surface area contributed by atoms with Crippen molar-refractivity contribution in [2.45, 2.75) is 33.1 Å². The lowest BCUT2D eigenvalue weighted by atomic mass is 10.1. The highest BCUT2D eigenvalue weighted by Gasteiger charge is 2.01. The van der Waals surface area contributed by atoms with E-state index in [-0.39, 0.29) is 5.97 Å². The molecular weight excluding hydrogens is 152 g/mol. The lowest BCUT2D eigenvalue weighted by molar-refractivity contribution is -0.142. The molecule has 0 rings (SSSR count). The van der Waals surface area contributed by atoms with E-state index in [2.05, 4.69) is 20.4 Å². The van der Waals surface area contributed by atoms with Gasteiger partial charge in [0.05, 0.1) is 0 Å². The normalized spacial score (nSPS) is 9.92. The van der Waals surface area contributed by atoms with Gasteiger partial charge >= 0.3 is 5.97 Å². The van der Waals surface area contributed by atoms with Gasteiger partial charge in [-0.3, -0.25) is 4.79 Å². The summed E-state index contributed by atoms with van der Waals surface area (Å²) in [6.07, 6.45) is 4.13. The molecule has 0 atom stereocenters. The Kier molecular flexibility index (Phi) is 6.44. The second-order valence-corrected chi connectivity index (χ2v) is 3.26. The SMILES string of the molecule is C=CCOC(=O)CCCC(C)C. The number of carbonyl (C=O) groups excluding carboxylic acids is 1. The van der Waals surface area contributed by atoms with Crippen LogP contribution in [0.2, 0.25) is 0 Å². The lowest BCUT2D eigenvalue weighted by Gasteiger charge is -2.03. The third-order valence-electron chi connectivity index (χ3n) is 1.52. The topological polar surface area (TPSA) is 26.3 Å². The van der Waals surface area contributed by atoms with E-state index in [0.717, 1.165) is 12.8 Å². The Morgan fingerprint density at radius 3 is 2.75 bits per heavy atom. The summed E-state index contributed by atoms with van der Waals surface area (Å²) < 4.78 is 4.82. The standard InChI is InChI=1S/C10H18O2/c1-4-8-12-10(11)7-5-6-9(2)3/h4,9H,1,5-8H2,2-3H3. The van der Waals surface area contributed by atoms with Crippen molar-refractivity contribution in [1.82, 2.24) is 0 Å². The Hall–Kier alpha value is -0.790. The van der Waals surface area contributed by atoms with Gasteiger partial charge in [-0.1, -0.05) is 32.9 Å². The van der Waals surface area contributed by atoms with E-state index < -0.39 is 0 Å². The van der Waals surface area contributed by atoms with Gasteiger partial charge in [0.1, 0.15) is 6.61 Å². The molecule has 0 radical (unpaired) electrons. The number of rotatable bonds is 6. The van der Waals surface area contributed by atoms with Crippen LogP contribution in [0, 0.1) is 5.92 Å². The zero-order valence-electron chi connectivity index (χ0n) is 8.01. The van der Waals surface area contributed by atoms with Crippen LogP contribution in [0.3, 0.4) is 0 Å². The molecule has 0 saturated heterocycles. The predicted molar refractivity (Wildman–Crippen MR) is 49.8 cm³/mol. The summed E-state index contributed by atoms with van der Waals surface area (Å²) in [5.41, 5.74) is 0. The molecule has 0 aliphatic heterocycles. The first-order valence-corrected chi connectivity index (χ1v) is 4.43. The maximum absolute atomic E-state index is 10.9. The minimum atomic E-state index is -0.115. The van der Waals surface area contributed by atoms with Crippen LogP contribution in [0.25, 0.3) is 0 Å². The summed E-state index contributed by atoms with van der Waals surface area (Å²) in [5, 5.41) is 0. The van der Waals surface area contributed by atoms with Gasteiger partial charge in [0.2, 0.25) is 0 Å². The Bertz CT molecular complexity index is 139. The molecule has 0 saturated carbocycles. The van der Waals surface area contributed by atoms with Gasteiger partial charge in [0.15, 0.2) is 0 Å². The number of hydrogen-bond donors (Lipinski definition) is 0. The molecule has 2 heteroatoms. The van der Waals surface area contributed by atoms with Crippen LogP contribution in [-0.2, 0) is 9.53 Å². The summed E-state index contributed by atoms with van der Waals surface area (Å²) in [4.78, 5) is 10.9. The minimum Gasteiger partial charge on any atom is -0.461 e. The summed E-state index contributed by atoms with van der Waals surface area (Å²) in [6.45, 7) is 8.09. The number of hydrogen-bond acceptors (Lipinski definition) is 2. The van der Waals surface area contributed by atoms with E-state index in [1.807, 2.05) is 0 Å². The van der Waals surface area contributed by atoms with Crippen LogP contribution < -0.4 is 0 Å². The average Bonchev–Trinajstić information content (AvgIpc) is 2.00. The third kappa shape index (κ3) is 7.32. The van der Waals surface area contributed by atoms with Gasteiger partial charge in [-0.25, -0.2) is 0 Å². The van der Waals surface area contributed by atoms with Crippen LogP contribution in [0.1, 0.15) is 33.1 Å². The van der Waals surface area contributed by atoms with Crippen molar-refractivity contribution in [3.8, 4) is 0 Å². The molecule has 0 N–H and O–H groups in total. The van der Waals surface area contributed by atoms with Crippen molar-refractivity contribution < 1.29 is 9.53 Å². The Morgan fingerprint density at radius 2 is 2.25 bits per heavy atom. The Morgan fingerprint density at radius 1 is 1.58 bits per heavy atom. The van der Waals surface area contributed by atoms with Crippen LogP contribution in [0.15, 0.2) is 12.7 Å². The molecule has 0 aliphatic rings. The van der Waals surface area contributed by atoms with E-state index in [9.17, 15) is 4.79 Å². The van der Waals surface area contributed by atoms with Gasteiger partial charge in [0, 0.05) is 6.42 Å². The van der Waals surface area contributed by atoms with Gasteiger partial charge in [-0.05, 0) is 12.3 Å². The fourth-order valence-electron chi connectivity index (χ4n) is 0.879. The monoisotopic (exact) mass is 170 g/mol. The van der Waals surface area contributed by atoms with Crippen molar-refractivity contribution in [2.24, 2.45) is 5.92 Å². The van der Waals surface area contributed by atoms with Crippen LogP contribution in [0.5, 0.6) is 0 Å². The summed E-state index contributed by atoms with van der Waals surface area (Å²) in [7, 11) is 0. The fourth-order valence-corrected chi connectivity index (χ4v) is 0.879. The third-order valence-corrected chi connectivity index (χ3v) is 1.52. The largest absolute Gasteiger partial charge is 0.461 e. The van der Waals surface area contributed by atoms with Crippen molar-refractivity contribution >= 4 is 5.97 Å². The molecule has 0 bridgehead atoms. The summed E-state index contributed by atoms with van der Waals surface area (Å²) in [5.74, 6) is 0.549. The molecule has 0 aliphatic carbocycles. The molecule has 0 heterocycles. The number of esters is 1. The average molecular weight is 170 g/mol. The van der Waals surface area contributed by atoms with E-state index >= 15 is 0 Å². The van der Waals surface area contributed by atoms with Crippen molar-refractivity contribution in [1.29, 1.82) is 0 Å². The first-order valence-electron chi connectivity index (χ1n) is 4.43. The molecule has 0 fully saturated rings. The Labute approximate surface area is 74.6 Å². The highest BCUT2D eigenvalue weighted by Crippen LogP contribution is 2.06. The van der Waals surface area contributed by atoms with Crippen LogP contribution >= 0.6 is 0 Å². The van der Waals surface area contributed by atoms with Gasteiger partial charge in [-0.2, -0.15) is 0 Å². The van der Waals surface area contributed by atoms with E-state index in [1.165, 1.54) is 0 Å². The molecule has 0 unspecified atom stereocenters. The number of ether oxygens (including phenoxy) is 1. The predicted octanol–water partition coefficient (Wildman–Crippen LogP) is 2.54. The van der Waals surface area contributed by atoms with Crippen molar-refractivity contribution in [3.63, 3.8) is 0 Å². The van der Waals surface area contributed by atoms with Gasteiger partial charge < -0.3 is 4.74 Å². The highest BCUT2D eigenvalue weighted by atomic mass is 16.5. The molecule has 2 nitrogen and oxygen atoms in total. The Balaban J connectivity index is 3.25. The minimum absolute atomic E-state index is 0.115. The van der Waals surface area contributed by atoms with E-state index in [4.69, 9.17) is 4.74 Å². The maximum Gasteiger partial charge on any atom is 0.306 e. The van der Waals surface area contributed by atoms with Crippen LogP contribution in [-0.4, -0.2) is 12.6 Å². The zero-order chi connectivity index (χ0) is 9.40. The zero-order valence-corrected chi connectivity index (χ0v) is 8.01. The first kappa shape index (κ1) is 11.2. The molecular formula is C10H18O2. The molecule has 70 valence electrons. The van der Waals surface area contributed by atoms with Crippen molar-refractivity contribution in [3.05, 3.63) is 12.7 Å². The quantitative estimate of drug-likeness (QED) is 0.452. The smallest absolute Gasteiger partial charge is 0.306 e. The van der Waals surface area contributed by atoms with E-state index in [0.29, 0.717) is 18.9 Å². The van der Waals surface area contributed by atoms with E-state index in [1.54, 1.807) is 6.08 Å². The van der Waals surface area contributed by atoms with Crippen molar-refractivity contribution in [2.75, 3.05) is 6.61 Å².